The van der Waals surface area contributed by atoms with Crippen molar-refractivity contribution in [1.82, 2.24) is 14.0 Å². The van der Waals surface area contributed by atoms with Gasteiger partial charge in [0.1, 0.15) is 17.1 Å². The number of aromatic nitrogens is 3. The minimum atomic E-state index is -0.382. The van der Waals surface area contributed by atoms with Gasteiger partial charge >= 0.3 is 0 Å². The largest absolute Gasteiger partial charge is 0.490 e. The zero-order chi connectivity index (χ0) is 24.5. The van der Waals surface area contributed by atoms with E-state index in [1.54, 1.807) is 29.1 Å². The molecule has 2 bridgehead atoms. The van der Waals surface area contributed by atoms with Crippen molar-refractivity contribution in [3.8, 4) is 5.75 Å². The maximum absolute atomic E-state index is 13.4. The summed E-state index contributed by atoms with van der Waals surface area (Å²) in [7, 11) is 0. The number of fused-ring (bicyclic) bond motifs is 3. The van der Waals surface area contributed by atoms with Crippen LogP contribution in [-0.4, -0.2) is 38.2 Å². The summed E-state index contributed by atoms with van der Waals surface area (Å²) in [6.07, 6.45) is 9.46. The number of hydrogen-bond donors (Lipinski definition) is 1. The number of pyridine rings is 2. The molecule has 4 heterocycles. The predicted octanol–water partition coefficient (Wildman–Crippen LogP) is 4.33. The SMILES string of the molecule is CC(C)Oc1cc2nc([C@@]34CC[C@@](C)(C3)OC4)cn2cc1C(=O)Nc1cccn(C2CC2C)c1=O. The molecule has 1 amide bonds. The number of rotatable bonds is 6. The van der Waals surface area contributed by atoms with E-state index in [4.69, 9.17) is 14.5 Å². The van der Waals surface area contributed by atoms with Crippen molar-refractivity contribution in [2.75, 3.05) is 11.9 Å². The van der Waals surface area contributed by atoms with Gasteiger partial charge in [0.15, 0.2) is 0 Å². The van der Waals surface area contributed by atoms with Gasteiger partial charge < -0.3 is 23.8 Å². The Hall–Kier alpha value is -3.13. The van der Waals surface area contributed by atoms with Gasteiger partial charge in [0, 0.05) is 36.1 Å². The summed E-state index contributed by atoms with van der Waals surface area (Å²) in [5.74, 6) is 0.544. The van der Waals surface area contributed by atoms with Crippen LogP contribution in [0.25, 0.3) is 5.65 Å². The van der Waals surface area contributed by atoms with E-state index >= 15 is 0 Å². The van der Waals surface area contributed by atoms with Crippen LogP contribution in [0, 0.1) is 5.92 Å². The van der Waals surface area contributed by atoms with Gasteiger partial charge in [-0.05, 0) is 64.5 Å². The standard InChI is InChI=1S/C27H32N4O4/c1-16(2)35-21-11-23-29-22(27-8-7-26(4,14-27)34-15-27)13-30(23)12-18(21)24(32)28-19-6-5-9-31(25(19)33)20-10-17(20)3/h5-6,9,11-13,16-17,20H,7-8,10,14-15H2,1-4H3,(H,28,32)/t17?,20?,26-,27-/m0/s1. The van der Waals surface area contributed by atoms with E-state index in [0.717, 1.165) is 37.0 Å². The fraction of sp³-hybridized carbons (Fsp3) is 0.519. The van der Waals surface area contributed by atoms with Crippen molar-refractivity contribution in [3.05, 3.63) is 58.4 Å². The lowest BCUT2D eigenvalue weighted by molar-refractivity contribution is -0.00627. The normalized spacial score (nSPS) is 29.2. The van der Waals surface area contributed by atoms with Gasteiger partial charge in [-0.15, -0.1) is 0 Å². The van der Waals surface area contributed by atoms with E-state index in [0.29, 0.717) is 23.8 Å². The number of anilines is 1. The van der Waals surface area contributed by atoms with Crippen LogP contribution >= 0.6 is 0 Å². The topological polar surface area (TPSA) is 86.9 Å². The molecule has 35 heavy (non-hydrogen) atoms. The van der Waals surface area contributed by atoms with E-state index in [9.17, 15) is 9.59 Å². The fourth-order valence-corrected chi connectivity index (χ4v) is 5.79. The molecule has 3 aromatic heterocycles. The van der Waals surface area contributed by atoms with Crippen molar-refractivity contribution in [2.45, 2.75) is 76.5 Å². The lowest BCUT2D eigenvalue weighted by Crippen LogP contribution is -2.26. The minimum Gasteiger partial charge on any atom is -0.490 e. The molecule has 184 valence electrons. The number of hydrogen-bond acceptors (Lipinski definition) is 5. The molecule has 3 aliphatic rings. The summed E-state index contributed by atoms with van der Waals surface area (Å²) in [5, 5.41) is 2.83. The molecule has 3 fully saturated rings. The third kappa shape index (κ3) is 3.75. The number of nitrogens with one attached hydrogen (secondary N) is 1. The Labute approximate surface area is 204 Å². The molecule has 3 aromatic rings. The maximum atomic E-state index is 13.4. The van der Waals surface area contributed by atoms with Crippen molar-refractivity contribution >= 4 is 17.2 Å². The third-order valence-corrected chi connectivity index (χ3v) is 7.89. The molecule has 0 aromatic carbocycles. The van der Waals surface area contributed by atoms with Crippen LogP contribution in [-0.2, 0) is 10.2 Å². The van der Waals surface area contributed by atoms with E-state index in [1.807, 2.05) is 30.5 Å². The monoisotopic (exact) mass is 476 g/mol. The number of carbonyl (C=O) groups is 1. The van der Waals surface area contributed by atoms with Gasteiger partial charge in [-0.3, -0.25) is 9.59 Å². The molecule has 0 spiro atoms. The average Bonchev–Trinajstić information content (AvgIpc) is 3.12. The second kappa shape index (κ2) is 7.68. The number of nitrogens with zero attached hydrogens (tertiary/aromatic N) is 3. The highest BCUT2D eigenvalue weighted by atomic mass is 16.5. The molecule has 4 atom stereocenters. The Bertz CT molecular complexity index is 1380. The van der Waals surface area contributed by atoms with Gasteiger partial charge in [0.25, 0.3) is 11.5 Å². The highest BCUT2D eigenvalue weighted by molar-refractivity contribution is 6.06. The van der Waals surface area contributed by atoms with Crippen LogP contribution in [0.5, 0.6) is 5.75 Å². The smallest absolute Gasteiger partial charge is 0.274 e. The van der Waals surface area contributed by atoms with Gasteiger partial charge in [-0.2, -0.15) is 0 Å². The highest BCUT2D eigenvalue weighted by Gasteiger charge is 2.55. The summed E-state index contributed by atoms with van der Waals surface area (Å²) in [6, 6.07) is 5.47. The molecule has 1 saturated heterocycles. The van der Waals surface area contributed by atoms with Crippen molar-refractivity contribution in [1.29, 1.82) is 0 Å². The number of imidazole rings is 1. The lowest BCUT2D eigenvalue weighted by Gasteiger charge is -2.24. The molecule has 1 N–H and O–H groups in total. The van der Waals surface area contributed by atoms with Crippen molar-refractivity contribution in [3.63, 3.8) is 0 Å². The Morgan fingerprint density at radius 3 is 2.74 bits per heavy atom. The number of amides is 1. The summed E-state index contributed by atoms with van der Waals surface area (Å²) in [5.41, 5.74) is 2.04. The molecule has 6 rings (SSSR count). The van der Waals surface area contributed by atoms with E-state index in [2.05, 4.69) is 19.2 Å². The van der Waals surface area contributed by atoms with Crippen LogP contribution in [0.2, 0.25) is 0 Å². The number of ether oxygens (including phenoxy) is 2. The molecule has 8 nitrogen and oxygen atoms in total. The molecular weight excluding hydrogens is 444 g/mol. The first-order chi connectivity index (χ1) is 16.7. The van der Waals surface area contributed by atoms with Gasteiger partial charge in [0.2, 0.25) is 0 Å². The van der Waals surface area contributed by atoms with Gasteiger partial charge in [-0.25, -0.2) is 4.98 Å². The molecule has 2 aliphatic carbocycles. The van der Waals surface area contributed by atoms with Gasteiger partial charge in [0.05, 0.1) is 29.6 Å². The van der Waals surface area contributed by atoms with E-state index < -0.39 is 0 Å². The van der Waals surface area contributed by atoms with Crippen LogP contribution in [0.3, 0.4) is 0 Å². The summed E-state index contributed by atoms with van der Waals surface area (Å²) >= 11 is 0. The molecule has 0 radical (unpaired) electrons. The predicted molar refractivity (Wildman–Crippen MR) is 132 cm³/mol. The second-order valence-electron chi connectivity index (χ2n) is 11.2. The summed E-state index contributed by atoms with van der Waals surface area (Å²) < 4.78 is 15.7. The minimum absolute atomic E-state index is 0.0619. The first-order valence-electron chi connectivity index (χ1n) is 12.5. The Morgan fingerprint density at radius 1 is 1.31 bits per heavy atom. The molecule has 2 unspecified atom stereocenters. The maximum Gasteiger partial charge on any atom is 0.274 e. The zero-order valence-corrected chi connectivity index (χ0v) is 20.7. The highest BCUT2D eigenvalue weighted by Crippen LogP contribution is 2.53. The number of carbonyl (C=O) groups excluding carboxylic acids is 1. The first kappa shape index (κ1) is 22.3. The molecular formula is C27H32N4O4. The van der Waals surface area contributed by atoms with Crippen LogP contribution in [0.4, 0.5) is 5.69 Å². The summed E-state index contributed by atoms with van der Waals surface area (Å²) in [4.78, 5) is 31.3. The quantitative estimate of drug-likeness (QED) is 0.572. The summed E-state index contributed by atoms with van der Waals surface area (Å²) in [6.45, 7) is 8.81. The van der Waals surface area contributed by atoms with E-state index in [1.165, 1.54) is 0 Å². The van der Waals surface area contributed by atoms with E-state index in [-0.39, 0.29) is 40.3 Å². The average molecular weight is 477 g/mol. The third-order valence-electron chi connectivity index (χ3n) is 7.89. The van der Waals surface area contributed by atoms with Crippen LogP contribution in [0.15, 0.2) is 41.6 Å². The van der Waals surface area contributed by atoms with Crippen molar-refractivity contribution in [2.24, 2.45) is 5.92 Å². The second-order valence-corrected chi connectivity index (χ2v) is 11.2. The first-order valence-corrected chi connectivity index (χ1v) is 12.5. The Balaban J connectivity index is 1.35. The Kier molecular flexibility index (Phi) is 4.90. The zero-order valence-electron chi connectivity index (χ0n) is 20.7. The molecule has 1 aliphatic heterocycles. The molecule has 2 saturated carbocycles. The molecule has 8 heteroatoms. The van der Waals surface area contributed by atoms with Crippen molar-refractivity contribution < 1.29 is 14.3 Å². The Morgan fingerprint density at radius 2 is 2.11 bits per heavy atom. The fourth-order valence-electron chi connectivity index (χ4n) is 5.79. The van der Waals surface area contributed by atoms with Gasteiger partial charge in [-0.1, -0.05) is 6.92 Å². The lowest BCUT2D eigenvalue weighted by atomic mass is 9.84. The van der Waals surface area contributed by atoms with Crippen LogP contribution in [0.1, 0.15) is 75.5 Å². The van der Waals surface area contributed by atoms with Crippen LogP contribution < -0.4 is 15.6 Å².